The number of hydrogen-bond acceptors (Lipinski definition) is 5. The van der Waals surface area contributed by atoms with Gasteiger partial charge in [-0.15, -0.1) is 11.3 Å². The monoisotopic (exact) mass is 289 g/mol. The molecule has 0 atom stereocenters. The second kappa shape index (κ2) is 5.42. The minimum atomic E-state index is -0.146. The number of rotatable bonds is 4. The van der Waals surface area contributed by atoms with Crippen LogP contribution in [0.15, 0.2) is 29.6 Å². The number of nitrogens with two attached hydrogens (primary N) is 1. The first-order valence-electron chi connectivity index (χ1n) is 6.35. The molecular formula is C14H15N3O2S. The third kappa shape index (κ3) is 2.70. The first-order valence-corrected chi connectivity index (χ1v) is 7.23. The number of anilines is 3. The van der Waals surface area contributed by atoms with Crippen molar-refractivity contribution in [3.8, 4) is 5.75 Å². The lowest BCUT2D eigenvalue weighted by Gasteiger charge is -2.20. The molecule has 0 saturated carbocycles. The number of carbonyl (C=O) groups is 1. The van der Waals surface area contributed by atoms with E-state index in [1.54, 1.807) is 17.4 Å². The maximum atomic E-state index is 11.3. The van der Waals surface area contributed by atoms with Crippen molar-refractivity contribution in [2.45, 2.75) is 6.42 Å². The van der Waals surface area contributed by atoms with Crippen LogP contribution < -0.4 is 21.1 Å². The molecule has 20 heavy (non-hydrogen) atoms. The SMILES string of the molecule is Nc1cc2c(cc1NCCc1cccs1)NC(=O)CO2. The van der Waals surface area contributed by atoms with Gasteiger partial charge in [0, 0.05) is 17.5 Å². The van der Waals surface area contributed by atoms with Gasteiger partial charge in [-0.05, 0) is 23.9 Å². The molecular weight excluding hydrogens is 274 g/mol. The molecule has 104 valence electrons. The number of thiophene rings is 1. The Morgan fingerprint density at radius 1 is 1.45 bits per heavy atom. The van der Waals surface area contributed by atoms with Crippen molar-refractivity contribution < 1.29 is 9.53 Å². The Morgan fingerprint density at radius 3 is 3.15 bits per heavy atom. The standard InChI is InChI=1S/C14H15N3O2S/c15-10-6-13-12(17-14(18)8-19-13)7-11(10)16-4-3-9-2-1-5-20-9/h1-2,5-7,16H,3-4,8,15H2,(H,17,18). The Bertz CT molecular complexity index is 626. The van der Waals surface area contributed by atoms with E-state index in [1.165, 1.54) is 4.88 Å². The lowest BCUT2D eigenvalue weighted by Crippen LogP contribution is -2.25. The third-order valence-corrected chi connectivity index (χ3v) is 3.99. The van der Waals surface area contributed by atoms with Gasteiger partial charge in [-0.3, -0.25) is 4.79 Å². The molecule has 2 heterocycles. The average Bonchev–Trinajstić information content (AvgIpc) is 2.93. The molecule has 0 fully saturated rings. The summed E-state index contributed by atoms with van der Waals surface area (Å²) in [7, 11) is 0. The number of fused-ring (bicyclic) bond motifs is 1. The number of ether oxygens (including phenoxy) is 1. The van der Waals surface area contributed by atoms with Crippen LogP contribution in [0.2, 0.25) is 0 Å². The van der Waals surface area contributed by atoms with Crippen LogP contribution in [-0.2, 0) is 11.2 Å². The lowest BCUT2D eigenvalue weighted by molar-refractivity contribution is -0.118. The van der Waals surface area contributed by atoms with E-state index < -0.39 is 0 Å². The van der Waals surface area contributed by atoms with Gasteiger partial charge in [-0.1, -0.05) is 6.07 Å². The van der Waals surface area contributed by atoms with Crippen LogP contribution in [-0.4, -0.2) is 19.1 Å². The Hall–Kier alpha value is -2.21. The fraction of sp³-hybridized carbons (Fsp3) is 0.214. The minimum Gasteiger partial charge on any atom is -0.482 e. The highest BCUT2D eigenvalue weighted by Gasteiger charge is 2.17. The zero-order chi connectivity index (χ0) is 13.9. The van der Waals surface area contributed by atoms with Gasteiger partial charge in [0.2, 0.25) is 0 Å². The van der Waals surface area contributed by atoms with Gasteiger partial charge < -0.3 is 21.1 Å². The zero-order valence-electron chi connectivity index (χ0n) is 10.8. The van der Waals surface area contributed by atoms with Crippen LogP contribution in [0.4, 0.5) is 17.1 Å². The molecule has 1 aliphatic rings. The summed E-state index contributed by atoms with van der Waals surface area (Å²) in [5.74, 6) is 0.470. The van der Waals surface area contributed by atoms with Gasteiger partial charge in [0.25, 0.3) is 5.91 Å². The average molecular weight is 289 g/mol. The summed E-state index contributed by atoms with van der Waals surface area (Å²) in [6.07, 6.45) is 0.942. The Labute approximate surface area is 120 Å². The van der Waals surface area contributed by atoms with E-state index in [-0.39, 0.29) is 12.5 Å². The van der Waals surface area contributed by atoms with Crippen LogP contribution in [0.5, 0.6) is 5.75 Å². The normalized spacial score (nSPS) is 13.3. The number of carbonyl (C=O) groups excluding carboxylic acids is 1. The molecule has 0 saturated heterocycles. The minimum absolute atomic E-state index is 0.0393. The highest BCUT2D eigenvalue weighted by atomic mass is 32.1. The third-order valence-electron chi connectivity index (χ3n) is 3.05. The molecule has 5 nitrogen and oxygen atoms in total. The summed E-state index contributed by atoms with van der Waals surface area (Å²) < 4.78 is 5.32. The number of nitrogen functional groups attached to an aromatic ring is 1. The highest BCUT2D eigenvalue weighted by molar-refractivity contribution is 7.09. The van der Waals surface area contributed by atoms with Gasteiger partial charge >= 0.3 is 0 Å². The first-order chi connectivity index (χ1) is 9.72. The molecule has 0 spiro atoms. The fourth-order valence-electron chi connectivity index (χ4n) is 2.07. The van der Waals surface area contributed by atoms with Gasteiger partial charge in [-0.2, -0.15) is 0 Å². The summed E-state index contributed by atoms with van der Waals surface area (Å²) in [5.41, 5.74) is 8.08. The summed E-state index contributed by atoms with van der Waals surface area (Å²) in [6.45, 7) is 0.829. The van der Waals surface area contributed by atoms with Gasteiger partial charge in [0.15, 0.2) is 6.61 Å². The van der Waals surface area contributed by atoms with Crippen LogP contribution in [0.25, 0.3) is 0 Å². The molecule has 4 N–H and O–H groups in total. The van der Waals surface area contributed by atoms with Gasteiger partial charge in [0.05, 0.1) is 17.1 Å². The number of benzene rings is 1. The molecule has 1 aromatic heterocycles. The molecule has 1 amide bonds. The maximum absolute atomic E-state index is 11.3. The van der Waals surface area contributed by atoms with Crippen molar-refractivity contribution in [2.75, 3.05) is 29.5 Å². The van der Waals surface area contributed by atoms with Crippen molar-refractivity contribution >= 4 is 34.3 Å². The number of nitrogens with one attached hydrogen (secondary N) is 2. The molecule has 3 rings (SSSR count). The van der Waals surface area contributed by atoms with Crippen molar-refractivity contribution in [1.82, 2.24) is 0 Å². The van der Waals surface area contributed by atoms with Crippen molar-refractivity contribution in [2.24, 2.45) is 0 Å². The zero-order valence-corrected chi connectivity index (χ0v) is 11.6. The Morgan fingerprint density at radius 2 is 2.35 bits per heavy atom. The molecule has 0 bridgehead atoms. The summed E-state index contributed by atoms with van der Waals surface area (Å²) in [4.78, 5) is 12.6. The molecule has 0 aliphatic carbocycles. The molecule has 0 radical (unpaired) electrons. The number of amides is 1. The largest absolute Gasteiger partial charge is 0.482 e. The second-order valence-electron chi connectivity index (χ2n) is 4.53. The molecule has 2 aromatic rings. The summed E-state index contributed by atoms with van der Waals surface area (Å²) in [5, 5.41) is 8.13. The van der Waals surface area contributed by atoms with Crippen LogP contribution >= 0.6 is 11.3 Å². The molecule has 1 aliphatic heterocycles. The highest BCUT2D eigenvalue weighted by Crippen LogP contribution is 2.35. The van der Waals surface area contributed by atoms with E-state index in [4.69, 9.17) is 10.5 Å². The van der Waals surface area contributed by atoms with Crippen molar-refractivity contribution in [3.05, 3.63) is 34.5 Å². The number of hydrogen-bond donors (Lipinski definition) is 3. The lowest BCUT2D eigenvalue weighted by atomic mass is 10.2. The predicted octanol–water partition coefficient (Wildman–Crippen LogP) is 2.32. The van der Waals surface area contributed by atoms with E-state index in [9.17, 15) is 4.79 Å². The topological polar surface area (TPSA) is 76.4 Å². The van der Waals surface area contributed by atoms with Crippen LogP contribution in [0, 0.1) is 0 Å². The fourth-order valence-corrected chi connectivity index (χ4v) is 2.78. The predicted molar refractivity (Wildman–Crippen MR) is 81.5 cm³/mol. The smallest absolute Gasteiger partial charge is 0.262 e. The van der Waals surface area contributed by atoms with E-state index in [0.29, 0.717) is 17.1 Å². The summed E-state index contributed by atoms with van der Waals surface area (Å²) in [6, 6.07) is 7.70. The van der Waals surface area contributed by atoms with E-state index in [1.807, 2.05) is 12.1 Å². The maximum Gasteiger partial charge on any atom is 0.262 e. The van der Waals surface area contributed by atoms with Crippen molar-refractivity contribution in [1.29, 1.82) is 0 Å². The molecule has 6 heteroatoms. The summed E-state index contributed by atoms with van der Waals surface area (Å²) >= 11 is 1.74. The van der Waals surface area contributed by atoms with Crippen LogP contribution in [0.1, 0.15) is 4.88 Å². The van der Waals surface area contributed by atoms with Gasteiger partial charge in [-0.25, -0.2) is 0 Å². The van der Waals surface area contributed by atoms with E-state index >= 15 is 0 Å². The van der Waals surface area contributed by atoms with E-state index in [2.05, 4.69) is 22.1 Å². The quantitative estimate of drug-likeness (QED) is 0.755. The van der Waals surface area contributed by atoms with Crippen molar-refractivity contribution in [3.63, 3.8) is 0 Å². The second-order valence-corrected chi connectivity index (χ2v) is 5.56. The molecule has 0 unspecified atom stereocenters. The Kier molecular flexibility index (Phi) is 3.47. The molecule has 1 aromatic carbocycles. The van der Waals surface area contributed by atoms with Crippen LogP contribution in [0.3, 0.4) is 0 Å². The van der Waals surface area contributed by atoms with E-state index in [0.717, 1.165) is 18.7 Å². The Balaban J connectivity index is 1.69. The van der Waals surface area contributed by atoms with Gasteiger partial charge in [0.1, 0.15) is 5.75 Å². The first kappa shape index (κ1) is 12.8.